The molecule has 0 fully saturated rings. The van der Waals surface area contributed by atoms with E-state index in [0.29, 0.717) is 0 Å². The topological polar surface area (TPSA) is 12.0 Å². The second-order valence-corrected chi connectivity index (χ2v) is 4.07. The van der Waals surface area contributed by atoms with Gasteiger partial charge in [0, 0.05) is 17.1 Å². The largest absolute Gasteiger partial charge is 0.381 e. The Labute approximate surface area is 90.6 Å². The zero-order chi connectivity index (χ0) is 10.4. The van der Waals surface area contributed by atoms with Gasteiger partial charge in [-0.2, -0.15) is 0 Å². The van der Waals surface area contributed by atoms with E-state index in [1.807, 2.05) is 0 Å². The molecular weight excluding hydrogens is 190 g/mol. The molecule has 0 saturated heterocycles. The number of anilines is 1. The lowest BCUT2D eigenvalue weighted by molar-refractivity contribution is 1.05. The molecule has 76 valence electrons. The molecule has 0 aromatic heterocycles. The molecule has 0 aliphatic heterocycles. The van der Waals surface area contributed by atoms with Gasteiger partial charge >= 0.3 is 0 Å². The fraction of sp³-hybridized carbons (Fsp3) is 0.333. The minimum absolute atomic E-state index is 0.869. The summed E-state index contributed by atoms with van der Waals surface area (Å²) in [5, 5.41) is 3.36. The van der Waals surface area contributed by atoms with E-state index in [0.717, 1.165) is 13.0 Å². The maximum Gasteiger partial charge on any atom is 0.0357 e. The van der Waals surface area contributed by atoms with Gasteiger partial charge in [-0.05, 0) is 30.9 Å². The molecular formula is C12H17NS. The molecule has 0 aliphatic carbocycles. The van der Waals surface area contributed by atoms with Crippen molar-refractivity contribution in [3.63, 3.8) is 0 Å². The fourth-order valence-electron chi connectivity index (χ4n) is 1.09. The van der Waals surface area contributed by atoms with E-state index < -0.39 is 0 Å². The maximum absolute atomic E-state index is 3.96. The summed E-state index contributed by atoms with van der Waals surface area (Å²) in [4.78, 5) is 1.29. The van der Waals surface area contributed by atoms with Crippen LogP contribution in [0.4, 0.5) is 5.69 Å². The van der Waals surface area contributed by atoms with Gasteiger partial charge in [-0.25, -0.2) is 0 Å². The normalized spacial score (nSPS) is 9.86. The second-order valence-electron chi connectivity index (χ2n) is 3.19. The van der Waals surface area contributed by atoms with Gasteiger partial charge in [0.1, 0.15) is 0 Å². The molecule has 1 aromatic carbocycles. The van der Waals surface area contributed by atoms with Crippen molar-refractivity contribution >= 4 is 17.4 Å². The Kier molecular flexibility index (Phi) is 4.60. The van der Waals surface area contributed by atoms with Crippen molar-refractivity contribution in [2.24, 2.45) is 0 Å². The highest BCUT2D eigenvalue weighted by Gasteiger charge is 1.94. The average Bonchev–Trinajstić information content (AvgIpc) is 2.26. The minimum atomic E-state index is 0.869. The molecule has 0 aliphatic rings. The number of nitrogens with one attached hydrogen (secondary N) is 1. The van der Waals surface area contributed by atoms with Crippen molar-refractivity contribution in [3.05, 3.63) is 36.4 Å². The van der Waals surface area contributed by atoms with Crippen molar-refractivity contribution in [3.8, 4) is 0 Å². The summed E-state index contributed by atoms with van der Waals surface area (Å²) in [5.74, 6) is 0. The van der Waals surface area contributed by atoms with Crippen LogP contribution in [0.1, 0.15) is 13.3 Å². The van der Waals surface area contributed by atoms with Gasteiger partial charge in [0.15, 0.2) is 0 Å². The Morgan fingerprint density at radius 2 is 2.29 bits per heavy atom. The zero-order valence-electron chi connectivity index (χ0n) is 8.84. The van der Waals surface area contributed by atoms with Gasteiger partial charge in [0.05, 0.1) is 0 Å². The summed E-state index contributed by atoms with van der Waals surface area (Å²) in [6.45, 7) is 6.96. The third kappa shape index (κ3) is 3.46. The van der Waals surface area contributed by atoms with Crippen molar-refractivity contribution in [1.29, 1.82) is 0 Å². The molecule has 1 rings (SSSR count). The second kappa shape index (κ2) is 5.76. The smallest absolute Gasteiger partial charge is 0.0357 e. The molecule has 2 heteroatoms. The van der Waals surface area contributed by atoms with E-state index in [1.165, 1.54) is 16.2 Å². The Morgan fingerprint density at radius 3 is 2.93 bits per heavy atom. The number of rotatable bonds is 5. The van der Waals surface area contributed by atoms with Crippen LogP contribution >= 0.6 is 11.8 Å². The molecule has 1 N–H and O–H groups in total. The van der Waals surface area contributed by atoms with Crippen LogP contribution < -0.4 is 5.32 Å². The Bertz CT molecular complexity index is 307. The molecule has 14 heavy (non-hydrogen) atoms. The Hall–Kier alpha value is -0.890. The first kappa shape index (κ1) is 11.2. The quantitative estimate of drug-likeness (QED) is 0.582. The van der Waals surface area contributed by atoms with Crippen LogP contribution in [-0.2, 0) is 0 Å². The van der Waals surface area contributed by atoms with Crippen LogP contribution in [0.15, 0.2) is 41.3 Å². The van der Waals surface area contributed by atoms with Crippen LogP contribution in [0.5, 0.6) is 0 Å². The predicted octanol–water partition coefficient (Wildman–Crippen LogP) is 3.79. The van der Waals surface area contributed by atoms with Crippen LogP contribution in [0, 0.1) is 0 Å². The molecule has 0 saturated carbocycles. The molecule has 0 unspecified atom stereocenters. The van der Waals surface area contributed by atoms with Gasteiger partial charge in [0.25, 0.3) is 0 Å². The van der Waals surface area contributed by atoms with Gasteiger partial charge in [-0.1, -0.05) is 25.1 Å². The van der Waals surface area contributed by atoms with Crippen molar-refractivity contribution < 1.29 is 0 Å². The van der Waals surface area contributed by atoms with Crippen LogP contribution in [0.25, 0.3) is 0 Å². The molecule has 0 amide bonds. The van der Waals surface area contributed by atoms with Crippen LogP contribution in [0.2, 0.25) is 0 Å². The highest BCUT2D eigenvalue weighted by molar-refractivity contribution is 7.98. The molecule has 1 aromatic rings. The number of hydrogen-bond donors (Lipinski definition) is 1. The third-order valence-corrected chi connectivity index (χ3v) is 2.84. The first-order valence-electron chi connectivity index (χ1n) is 4.81. The first-order valence-corrected chi connectivity index (χ1v) is 6.03. The highest BCUT2D eigenvalue weighted by Crippen LogP contribution is 2.19. The molecule has 0 bridgehead atoms. The fourth-order valence-corrected chi connectivity index (χ4v) is 1.54. The van der Waals surface area contributed by atoms with E-state index in [9.17, 15) is 0 Å². The maximum atomic E-state index is 3.96. The molecule has 0 atom stereocenters. The van der Waals surface area contributed by atoms with Crippen molar-refractivity contribution in [2.75, 3.05) is 18.1 Å². The summed E-state index contributed by atoms with van der Waals surface area (Å²) in [5.41, 5.74) is 2.41. The molecule has 1 nitrogen and oxygen atoms in total. The number of hydrogen-bond acceptors (Lipinski definition) is 2. The summed E-state index contributed by atoms with van der Waals surface area (Å²) in [6.07, 6.45) is 3.12. The highest BCUT2D eigenvalue weighted by atomic mass is 32.2. The monoisotopic (exact) mass is 207 g/mol. The van der Waals surface area contributed by atoms with E-state index in [2.05, 4.69) is 49.3 Å². The average molecular weight is 207 g/mol. The summed E-state index contributed by atoms with van der Waals surface area (Å²) < 4.78 is 0. The zero-order valence-corrected chi connectivity index (χ0v) is 9.66. The summed E-state index contributed by atoms with van der Waals surface area (Å²) in [7, 11) is 0. The van der Waals surface area contributed by atoms with Crippen molar-refractivity contribution in [1.82, 2.24) is 0 Å². The van der Waals surface area contributed by atoms with Crippen molar-refractivity contribution in [2.45, 2.75) is 18.2 Å². The summed E-state index contributed by atoms with van der Waals surface area (Å²) >= 11 is 1.76. The Morgan fingerprint density at radius 1 is 1.50 bits per heavy atom. The van der Waals surface area contributed by atoms with Gasteiger partial charge in [0.2, 0.25) is 0 Å². The van der Waals surface area contributed by atoms with E-state index in [4.69, 9.17) is 0 Å². The standard InChI is InChI=1S/C12H17NS/c1-4-10(2)9-13-11-6-5-7-12(8-11)14-3/h5-8,13H,2,4,9H2,1,3H3. The summed E-state index contributed by atoms with van der Waals surface area (Å²) in [6, 6.07) is 8.43. The van der Waals surface area contributed by atoms with Gasteiger partial charge in [-0.15, -0.1) is 11.8 Å². The lowest BCUT2D eigenvalue weighted by Crippen LogP contribution is -2.02. The third-order valence-electron chi connectivity index (χ3n) is 2.11. The SMILES string of the molecule is C=C(CC)CNc1cccc(SC)c1. The minimum Gasteiger partial charge on any atom is -0.381 e. The Balaban J connectivity index is 2.54. The molecule has 0 spiro atoms. The lowest BCUT2D eigenvalue weighted by atomic mass is 10.2. The van der Waals surface area contributed by atoms with E-state index in [-0.39, 0.29) is 0 Å². The number of benzene rings is 1. The molecule has 0 radical (unpaired) electrons. The molecule has 0 heterocycles. The van der Waals surface area contributed by atoms with Gasteiger partial charge < -0.3 is 5.32 Å². The van der Waals surface area contributed by atoms with E-state index in [1.54, 1.807) is 11.8 Å². The first-order chi connectivity index (χ1) is 6.76. The van der Waals surface area contributed by atoms with E-state index >= 15 is 0 Å². The predicted molar refractivity (Wildman–Crippen MR) is 66.1 cm³/mol. The van der Waals surface area contributed by atoms with Gasteiger partial charge in [-0.3, -0.25) is 0 Å². The lowest BCUT2D eigenvalue weighted by Gasteiger charge is -2.08. The number of thioether (sulfide) groups is 1. The van der Waals surface area contributed by atoms with Crippen LogP contribution in [0.3, 0.4) is 0 Å². The van der Waals surface area contributed by atoms with Crippen LogP contribution in [-0.4, -0.2) is 12.8 Å².